The summed E-state index contributed by atoms with van der Waals surface area (Å²) >= 11 is 0. The molecule has 24 aromatic rings. The zero-order valence-corrected chi connectivity index (χ0v) is 84.0. The molecule has 9 heterocycles. The average Bonchev–Trinajstić information content (AvgIpc) is 1.63. The van der Waals surface area contributed by atoms with Gasteiger partial charge in [-0.05, 0) is 227 Å². The van der Waals surface area contributed by atoms with Gasteiger partial charge in [0.2, 0.25) is 0 Å². The van der Waals surface area contributed by atoms with Crippen LogP contribution in [0.3, 0.4) is 0 Å². The van der Waals surface area contributed by atoms with Crippen molar-refractivity contribution in [1.29, 1.82) is 0 Å². The highest BCUT2D eigenvalue weighted by atomic mass is 15.1. The van der Waals surface area contributed by atoms with Gasteiger partial charge in [0.1, 0.15) is 17.2 Å². The van der Waals surface area contributed by atoms with Gasteiger partial charge in [0.15, 0.2) is 52.4 Å². The van der Waals surface area contributed by atoms with E-state index in [0.29, 0.717) is 63.8 Å². The number of para-hydroxylation sites is 3. The number of benzene rings is 15. The Hall–Kier alpha value is -17.8. The molecule has 15 aromatic carbocycles. The first kappa shape index (κ1) is 90.5. The van der Waals surface area contributed by atoms with Gasteiger partial charge in [-0.3, -0.25) is 14.5 Å². The normalized spacial score (nSPS) is 14.4. The molecule has 147 heavy (non-hydrogen) atoms. The fraction of sp³-hybridized carbons (Fsp3) is 0.136. The molecule has 0 N–H and O–H groups in total. The van der Waals surface area contributed by atoms with Crippen LogP contribution in [0.15, 0.2) is 419 Å². The third-order valence-electron chi connectivity index (χ3n) is 32.7. The van der Waals surface area contributed by atoms with E-state index in [-0.39, 0.29) is 32.5 Å². The SMILES string of the molecule is CC1(C)c2ccccc2-c2c(ccc3c2c2ccccc2n3-c2ccc(-c3nc(-c4ccccc4)nc(-c4ccccc4)n3)cn2)C1(C)C.CC1(C)c2ccccc2-c2c(ccc3c2c2ccccc2n3-c2ccc(-c3nc(-c4ccccc4)nc(-c4ccccn4)n3)cc2)C1(C)C.CC1(C)c2ccccc2-c2cc3c(cc2C1(C)C)c1ccccc1n3-c1ccc(-c2nc(-c3ccccc3)nc(-c3ccccn3)n2)cc1. The summed E-state index contributed by atoms with van der Waals surface area (Å²) in [5.41, 5.74) is 33.1. The van der Waals surface area contributed by atoms with Crippen molar-refractivity contribution in [3.05, 3.63) is 452 Å². The largest absolute Gasteiger partial charge is 0.309 e. The molecule has 3 aliphatic carbocycles. The first-order valence-electron chi connectivity index (χ1n) is 50.5. The smallest absolute Gasteiger partial charge is 0.182 e. The summed E-state index contributed by atoms with van der Waals surface area (Å²) < 4.78 is 7.08. The minimum Gasteiger partial charge on any atom is -0.309 e. The number of nitrogens with zero attached hydrogens (tertiary/aromatic N) is 15. The maximum Gasteiger partial charge on any atom is 0.182 e. The number of rotatable bonds is 12. The van der Waals surface area contributed by atoms with Crippen molar-refractivity contribution in [3.63, 3.8) is 0 Å². The van der Waals surface area contributed by atoms with Crippen LogP contribution in [0.2, 0.25) is 0 Å². The van der Waals surface area contributed by atoms with Crippen molar-refractivity contribution in [2.45, 2.75) is 116 Å². The molecule has 0 amide bonds. The molecule has 3 aliphatic rings. The maximum absolute atomic E-state index is 5.07. The first-order chi connectivity index (χ1) is 71.5. The predicted octanol–water partition coefficient (Wildman–Crippen LogP) is 31.8. The topological polar surface area (TPSA) is 169 Å². The van der Waals surface area contributed by atoms with Crippen molar-refractivity contribution in [2.24, 2.45) is 0 Å². The highest BCUT2D eigenvalue weighted by molar-refractivity contribution is 6.19. The van der Waals surface area contributed by atoms with Gasteiger partial charge in [-0.1, -0.05) is 356 Å². The molecule has 0 saturated heterocycles. The molecule has 0 fully saturated rings. The van der Waals surface area contributed by atoms with E-state index < -0.39 is 0 Å². The average molecular weight is 1900 g/mol. The Morgan fingerprint density at radius 3 is 0.891 bits per heavy atom. The third kappa shape index (κ3) is 14.8. The fourth-order valence-corrected chi connectivity index (χ4v) is 22.8. The van der Waals surface area contributed by atoms with E-state index >= 15 is 0 Å². The molecule has 0 atom stereocenters. The second kappa shape index (κ2) is 35.1. The number of pyridine rings is 3. The van der Waals surface area contributed by atoms with E-state index in [4.69, 9.17) is 49.8 Å². The van der Waals surface area contributed by atoms with Gasteiger partial charge in [0, 0.05) is 101 Å². The Bertz CT molecular complexity index is 8500. The number of hydrogen-bond donors (Lipinski definition) is 0. The zero-order chi connectivity index (χ0) is 100.0. The summed E-state index contributed by atoms with van der Waals surface area (Å²) in [6, 6.07) is 140. The lowest BCUT2D eigenvalue weighted by atomic mass is 9.55. The Labute approximate surface area is 854 Å². The van der Waals surface area contributed by atoms with Gasteiger partial charge >= 0.3 is 0 Å². The van der Waals surface area contributed by atoms with Gasteiger partial charge in [-0.25, -0.2) is 49.8 Å². The Morgan fingerprint density at radius 2 is 0.490 bits per heavy atom. The summed E-state index contributed by atoms with van der Waals surface area (Å²) in [6.45, 7) is 28.7. The van der Waals surface area contributed by atoms with Gasteiger partial charge in [0.25, 0.3) is 0 Å². The van der Waals surface area contributed by atoms with E-state index in [1.807, 2.05) is 164 Å². The molecule has 0 bridgehead atoms. The van der Waals surface area contributed by atoms with Crippen molar-refractivity contribution in [1.82, 2.24) is 73.5 Å². The summed E-state index contributed by atoms with van der Waals surface area (Å²) in [4.78, 5) is 58.1. The zero-order valence-electron chi connectivity index (χ0n) is 84.0. The van der Waals surface area contributed by atoms with Gasteiger partial charge < -0.3 is 9.13 Å². The van der Waals surface area contributed by atoms with Gasteiger partial charge in [-0.2, -0.15) is 0 Å². The number of aromatic nitrogens is 15. The molecular formula is C132H105N15. The summed E-state index contributed by atoms with van der Waals surface area (Å²) in [6.07, 6.45) is 5.41. The van der Waals surface area contributed by atoms with Crippen LogP contribution in [-0.2, 0) is 32.5 Å². The van der Waals surface area contributed by atoms with Crippen molar-refractivity contribution < 1.29 is 0 Å². The first-order valence-corrected chi connectivity index (χ1v) is 50.5. The second-order valence-corrected chi connectivity index (χ2v) is 41.9. The van der Waals surface area contributed by atoms with E-state index in [0.717, 1.165) is 67.2 Å². The van der Waals surface area contributed by atoms with Crippen LogP contribution in [0.5, 0.6) is 0 Å². The third-order valence-corrected chi connectivity index (χ3v) is 32.7. The Morgan fingerprint density at radius 1 is 0.184 bits per heavy atom. The van der Waals surface area contributed by atoms with Crippen LogP contribution in [0.25, 0.3) is 219 Å². The summed E-state index contributed by atoms with van der Waals surface area (Å²) in [7, 11) is 0. The van der Waals surface area contributed by atoms with Gasteiger partial charge in [-0.15, -0.1) is 0 Å². The quantitative estimate of drug-likeness (QED) is 0.114. The molecule has 0 radical (unpaired) electrons. The highest BCUT2D eigenvalue weighted by Crippen LogP contribution is 2.61. The van der Waals surface area contributed by atoms with Crippen LogP contribution >= 0.6 is 0 Å². The molecule has 15 heteroatoms. The lowest BCUT2D eigenvalue weighted by Gasteiger charge is -2.48. The second-order valence-electron chi connectivity index (χ2n) is 41.9. The van der Waals surface area contributed by atoms with E-state index in [1.165, 1.54) is 121 Å². The van der Waals surface area contributed by atoms with Gasteiger partial charge in [0.05, 0.1) is 33.1 Å². The summed E-state index contributed by atoms with van der Waals surface area (Å²) in [5, 5.41) is 7.58. The molecular weight excluding hydrogens is 1800 g/mol. The van der Waals surface area contributed by atoms with E-state index in [2.05, 4.69) is 349 Å². The standard InChI is InChI=1S/3C44H35N5/c1-43(2)33-21-13-11-19-31(33)38-34(44(43,3)4)24-25-36-39(38)32-20-12-14-22-35(32)49(36)37-26-23-30(27-45-37)42-47-40(28-15-7-5-8-16-28)46-41(48-42)29-17-9-6-10-18-29;1-43(2)33-18-10-8-16-31(33)38-34(44(43,3)4)25-26-37-39(38)32-17-9-11-20-36(32)49(37)30-23-21-29(22-24-30)41-46-40(28-14-6-5-7-15-28)47-42(48-41)35-19-12-13-27-45-35;1-43(2)35-18-10-8-16-31(35)33-27-39-34(26-36(33)44(43,3)4)32-17-9-11-20-38(32)49(39)30-23-21-29(22-24-30)41-46-40(28-14-6-5-7-15-28)47-42(48-41)37-19-12-13-25-45-37/h3*5-27H,1-4H3. The minimum atomic E-state index is -0.0737. The molecule has 0 unspecified atom stereocenters. The lowest BCUT2D eigenvalue weighted by Crippen LogP contribution is -2.43. The van der Waals surface area contributed by atoms with Crippen LogP contribution in [0.4, 0.5) is 0 Å². The maximum atomic E-state index is 5.07. The minimum absolute atomic E-state index is 0.0235. The highest BCUT2D eigenvalue weighted by Gasteiger charge is 2.50. The van der Waals surface area contributed by atoms with Crippen molar-refractivity contribution in [2.75, 3.05) is 0 Å². The molecule has 0 saturated carbocycles. The van der Waals surface area contributed by atoms with Crippen molar-refractivity contribution in [3.8, 4) is 153 Å². The molecule has 0 aliphatic heterocycles. The molecule has 0 spiro atoms. The Kier molecular flexibility index (Phi) is 21.6. The van der Waals surface area contributed by atoms with Crippen LogP contribution in [0.1, 0.15) is 116 Å². The van der Waals surface area contributed by atoms with E-state index in [9.17, 15) is 0 Å². The lowest BCUT2D eigenvalue weighted by molar-refractivity contribution is 0.299. The monoisotopic (exact) mass is 1900 g/mol. The summed E-state index contributed by atoms with van der Waals surface area (Å²) in [5.74, 6) is 6.25. The Balaban J connectivity index is 0.000000115. The molecule has 27 rings (SSSR count). The molecule has 15 nitrogen and oxygen atoms in total. The molecule has 9 aromatic heterocycles. The van der Waals surface area contributed by atoms with Crippen LogP contribution < -0.4 is 0 Å². The number of hydrogen-bond acceptors (Lipinski definition) is 12. The predicted molar refractivity (Wildman–Crippen MR) is 599 cm³/mol. The van der Waals surface area contributed by atoms with E-state index in [1.54, 1.807) is 12.4 Å². The van der Waals surface area contributed by atoms with Crippen molar-refractivity contribution >= 4 is 65.4 Å². The van der Waals surface area contributed by atoms with Crippen LogP contribution in [0, 0.1) is 0 Å². The molecule has 708 valence electrons. The fourth-order valence-electron chi connectivity index (χ4n) is 22.8. The number of fused-ring (bicyclic) bond motifs is 20. The van der Waals surface area contributed by atoms with Crippen LogP contribution in [-0.4, -0.2) is 73.5 Å².